The average molecular weight is 613 g/mol. The maximum absolute atomic E-state index is 12.8. The lowest BCUT2D eigenvalue weighted by molar-refractivity contribution is -0.192. The fourth-order valence-corrected chi connectivity index (χ4v) is 5.04. The van der Waals surface area contributed by atoms with E-state index >= 15 is 0 Å². The Balaban J connectivity index is 0.000000782. The second-order valence-electron chi connectivity index (χ2n) is 9.16. The lowest BCUT2D eigenvalue weighted by Crippen LogP contribution is -2.23. The van der Waals surface area contributed by atoms with Crippen LogP contribution in [-0.4, -0.2) is 65.9 Å². The Labute approximate surface area is 240 Å². The molecule has 0 saturated carbocycles. The Hall–Kier alpha value is -4.40. The van der Waals surface area contributed by atoms with Crippen LogP contribution in [0.5, 0.6) is 0 Å². The highest BCUT2D eigenvalue weighted by atomic mass is 32.2. The van der Waals surface area contributed by atoms with Crippen molar-refractivity contribution in [2.24, 2.45) is 0 Å². The maximum Gasteiger partial charge on any atom is 0.490 e. The van der Waals surface area contributed by atoms with Gasteiger partial charge in [0.2, 0.25) is 0 Å². The topological polar surface area (TPSA) is 159 Å². The van der Waals surface area contributed by atoms with Crippen LogP contribution in [0.3, 0.4) is 0 Å². The number of halogens is 3. The van der Waals surface area contributed by atoms with Crippen molar-refractivity contribution < 1.29 is 46.2 Å². The van der Waals surface area contributed by atoms with Crippen molar-refractivity contribution >= 4 is 39.1 Å². The predicted octanol–water partition coefficient (Wildman–Crippen LogP) is 4.53. The Morgan fingerprint density at radius 2 is 1.62 bits per heavy atom. The van der Waals surface area contributed by atoms with Crippen LogP contribution in [0, 0.1) is 13.8 Å². The minimum Gasteiger partial charge on any atom is -0.478 e. The van der Waals surface area contributed by atoms with Crippen LogP contribution in [0.15, 0.2) is 47.4 Å². The van der Waals surface area contributed by atoms with Crippen molar-refractivity contribution in [3.8, 4) is 0 Å². The molecule has 0 spiro atoms. The standard InChI is InChI=1S/C25H30N4O5S.C2HF3O2/c1-6-29-17(3)22(16(2)26-29)13-14-28(5)24-12-9-20(15-23(24)25(31)32)27-35(33,34)21-10-7-19(8-11-21)18(4)30;3-2(4,5)1(6)7/h7-12,15,27H,6,13-14H2,1-5H3,(H,31,32);(H,6,7). The van der Waals surface area contributed by atoms with Gasteiger partial charge in [0.15, 0.2) is 5.78 Å². The van der Waals surface area contributed by atoms with Crippen LogP contribution in [0.25, 0.3) is 0 Å². The molecule has 0 fully saturated rings. The number of benzene rings is 2. The van der Waals surface area contributed by atoms with Gasteiger partial charge in [0.25, 0.3) is 10.0 Å². The molecular formula is C27H31F3N4O7S. The molecule has 0 radical (unpaired) electrons. The largest absolute Gasteiger partial charge is 0.490 e. The van der Waals surface area contributed by atoms with Gasteiger partial charge < -0.3 is 15.1 Å². The third kappa shape index (κ3) is 8.55. The summed E-state index contributed by atoms with van der Waals surface area (Å²) < 4.78 is 61.6. The van der Waals surface area contributed by atoms with Crippen LogP contribution in [0.4, 0.5) is 24.5 Å². The van der Waals surface area contributed by atoms with Gasteiger partial charge in [-0.2, -0.15) is 18.3 Å². The molecule has 1 aromatic heterocycles. The number of carboxylic acids is 2. The van der Waals surface area contributed by atoms with Crippen molar-refractivity contribution in [3.63, 3.8) is 0 Å². The summed E-state index contributed by atoms with van der Waals surface area (Å²) in [4.78, 5) is 34.1. The molecule has 0 unspecified atom stereocenters. The quantitative estimate of drug-likeness (QED) is 0.280. The first kappa shape index (κ1) is 33.8. The molecule has 0 aliphatic heterocycles. The number of aliphatic carboxylic acids is 1. The monoisotopic (exact) mass is 612 g/mol. The Kier molecular flexibility index (Phi) is 10.9. The summed E-state index contributed by atoms with van der Waals surface area (Å²) >= 11 is 0. The summed E-state index contributed by atoms with van der Waals surface area (Å²) in [5.74, 6) is -4.09. The molecule has 0 bridgehead atoms. The third-order valence-corrected chi connectivity index (χ3v) is 7.63. The number of anilines is 2. The second-order valence-corrected chi connectivity index (χ2v) is 10.8. The van der Waals surface area contributed by atoms with E-state index in [9.17, 15) is 36.3 Å². The zero-order chi connectivity index (χ0) is 32.0. The first-order chi connectivity index (χ1) is 19.4. The van der Waals surface area contributed by atoms with Gasteiger partial charge in [-0.15, -0.1) is 0 Å². The minimum absolute atomic E-state index is 0.0164. The van der Waals surface area contributed by atoms with Gasteiger partial charge >= 0.3 is 18.1 Å². The van der Waals surface area contributed by atoms with E-state index < -0.39 is 28.1 Å². The zero-order valence-corrected chi connectivity index (χ0v) is 24.3. The molecule has 2 aromatic carbocycles. The van der Waals surface area contributed by atoms with Gasteiger partial charge in [-0.3, -0.25) is 14.2 Å². The molecule has 0 aliphatic rings. The number of carbonyl (C=O) groups excluding carboxylic acids is 1. The normalized spacial score (nSPS) is 11.3. The zero-order valence-electron chi connectivity index (χ0n) is 23.5. The van der Waals surface area contributed by atoms with Crippen molar-refractivity contribution in [2.45, 2.75) is 51.7 Å². The molecule has 0 saturated heterocycles. The second kappa shape index (κ2) is 13.5. The number of alkyl halides is 3. The van der Waals surface area contributed by atoms with Gasteiger partial charge in [0.1, 0.15) is 0 Å². The number of carbonyl (C=O) groups is 3. The predicted molar refractivity (Wildman–Crippen MR) is 149 cm³/mol. The van der Waals surface area contributed by atoms with Gasteiger partial charge in [-0.05, 0) is 70.0 Å². The lowest BCUT2D eigenvalue weighted by atomic mass is 10.1. The van der Waals surface area contributed by atoms with E-state index in [-0.39, 0.29) is 21.9 Å². The summed E-state index contributed by atoms with van der Waals surface area (Å²) in [5.41, 5.74) is 4.18. The first-order valence-corrected chi connectivity index (χ1v) is 13.9. The average Bonchev–Trinajstić information content (AvgIpc) is 3.18. The molecular weight excluding hydrogens is 581 g/mol. The van der Waals surface area contributed by atoms with Crippen molar-refractivity contribution in [3.05, 3.63) is 70.5 Å². The van der Waals surface area contributed by atoms with E-state index in [1.54, 1.807) is 13.1 Å². The number of aromatic carboxylic acids is 1. The summed E-state index contributed by atoms with van der Waals surface area (Å²) in [6, 6.07) is 9.98. The van der Waals surface area contributed by atoms with Gasteiger partial charge in [0, 0.05) is 37.1 Å². The Morgan fingerprint density at radius 3 is 2.07 bits per heavy atom. The summed E-state index contributed by atoms with van der Waals surface area (Å²) in [7, 11) is -2.16. The Bertz CT molecular complexity index is 1570. The molecule has 0 atom stereocenters. The number of hydrogen-bond acceptors (Lipinski definition) is 7. The summed E-state index contributed by atoms with van der Waals surface area (Å²) in [6.45, 7) is 8.76. The maximum atomic E-state index is 12.8. The number of rotatable bonds is 10. The number of hydrogen-bond donors (Lipinski definition) is 3. The smallest absolute Gasteiger partial charge is 0.478 e. The summed E-state index contributed by atoms with van der Waals surface area (Å²) in [5, 5.41) is 21.5. The van der Waals surface area contributed by atoms with E-state index in [0.717, 1.165) is 23.5 Å². The lowest BCUT2D eigenvalue weighted by Gasteiger charge is -2.22. The van der Waals surface area contributed by atoms with Crippen LogP contribution in [-0.2, 0) is 27.8 Å². The van der Waals surface area contributed by atoms with E-state index in [0.29, 0.717) is 24.2 Å². The van der Waals surface area contributed by atoms with Crippen molar-refractivity contribution in [2.75, 3.05) is 23.2 Å². The number of aromatic nitrogens is 2. The molecule has 228 valence electrons. The van der Waals surface area contributed by atoms with E-state index in [1.807, 2.05) is 30.4 Å². The molecule has 0 amide bonds. The highest BCUT2D eigenvalue weighted by Crippen LogP contribution is 2.26. The summed E-state index contributed by atoms with van der Waals surface area (Å²) in [6.07, 6.45) is -4.39. The number of ketones is 1. The Morgan fingerprint density at radius 1 is 1.05 bits per heavy atom. The van der Waals surface area contributed by atoms with E-state index in [4.69, 9.17) is 9.90 Å². The molecule has 0 aliphatic carbocycles. The minimum atomic E-state index is -5.08. The highest BCUT2D eigenvalue weighted by molar-refractivity contribution is 7.92. The molecule has 11 nitrogen and oxygen atoms in total. The number of nitrogens with one attached hydrogen (secondary N) is 1. The van der Waals surface area contributed by atoms with Gasteiger partial charge in [-0.1, -0.05) is 12.1 Å². The number of sulfonamides is 1. The van der Waals surface area contributed by atoms with Gasteiger partial charge in [-0.25, -0.2) is 18.0 Å². The van der Waals surface area contributed by atoms with Crippen LogP contribution >= 0.6 is 0 Å². The first-order valence-electron chi connectivity index (χ1n) is 12.4. The number of nitrogens with zero attached hydrogens (tertiary/aromatic N) is 3. The van der Waals surface area contributed by atoms with Crippen molar-refractivity contribution in [1.82, 2.24) is 9.78 Å². The van der Waals surface area contributed by atoms with E-state index in [1.165, 1.54) is 43.3 Å². The molecule has 3 rings (SSSR count). The van der Waals surface area contributed by atoms with Crippen LogP contribution in [0.2, 0.25) is 0 Å². The molecule has 1 heterocycles. The SMILES string of the molecule is CCn1nc(C)c(CCN(C)c2ccc(NS(=O)(=O)c3ccc(C(C)=O)cc3)cc2C(=O)O)c1C.O=C(O)C(F)(F)F. The number of aryl methyl sites for hydroxylation is 2. The fraction of sp³-hybridized carbons (Fsp3) is 0.333. The van der Waals surface area contributed by atoms with Crippen molar-refractivity contribution in [1.29, 1.82) is 0 Å². The molecule has 3 aromatic rings. The number of Topliss-reactive ketones (excluding diaryl/α,β-unsaturated/α-hetero) is 1. The highest BCUT2D eigenvalue weighted by Gasteiger charge is 2.38. The van der Waals surface area contributed by atoms with Crippen LogP contribution < -0.4 is 9.62 Å². The van der Waals surface area contributed by atoms with Crippen LogP contribution in [0.1, 0.15) is 51.5 Å². The molecule has 3 N–H and O–H groups in total. The fourth-order valence-electron chi connectivity index (χ4n) is 3.99. The van der Waals surface area contributed by atoms with E-state index in [2.05, 4.69) is 9.82 Å². The number of carboxylic acid groups (broad SMARTS) is 2. The van der Waals surface area contributed by atoms with Gasteiger partial charge in [0.05, 0.1) is 21.8 Å². The molecule has 15 heteroatoms. The molecule has 42 heavy (non-hydrogen) atoms. The number of likely N-dealkylation sites (N-methyl/N-ethyl adjacent to an activating group) is 1. The third-order valence-electron chi connectivity index (χ3n) is 6.23.